The van der Waals surface area contributed by atoms with E-state index in [0.717, 1.165) is 29.8 Å². The van der Waals surface area contributed by atoms with Crippen molar-refractivity contribution >= 4 is 28.6 Å². The molecule has 1 fully saturated rings. The highest BCUT2D eigenvalue weighted by molar-refractivity contribution is 5.97. The minimum atomic E-state index is -0.168. The molecule has 0 unspecified atom stereocenters. The molecule has 6 heteroatoms. The molecule has 1 aliphatic rings. The maximum absolute atomic E-state index is 12.7. The summed E-state index contributed by atoms with van der Waals surface area (Å²) in [5.74, 6) is 0.625. The first-order chi connectivity index (χ1) is 15.7. The highest BCUT2D eigenvalue weighted by Gasteiger charge is 2.21. The molecule has 3 aromatic carbocycles. The molecule has 4 aromatic rings. The highest BCUT2D eigenvalue weighted by Crippen LogP contribution is 2.22. The summed E-state index contributed by atoms with van der Waals surface area (Å²) in [6.45, 7) is 1.18. The summed E-state index contributed by atoms with van der Waals surface area (Å²) in [5.41, 5.74) is 4.88. The molecule has 0 radical (unpaired) electrons. The van der Waals surface area contributed by atoms with Crippen LogP contribution in [0.1, 0.15) is 40.2 Å². The summed E-state index contributed by atoms with van der Waals surface area (Å²) in [7, 11) is 0. The van der Waals surface area contributed by atoms with Gasteiger partial charge in [0.15, 0.2) is 11.5 Å². The molecule has 1 N–H and O–H groups in total. The van der Waals surface area contributed by atoms with Gasteiger partial charge in [-0.3, -0.25) is 9.59 Å². The maximum Gasteiger partial charge on any atom is 0.251 e. The maximum atomic E-state index is 12.7. The predicted octanol–water partition coefficient (Wildman–Crippen LogP) is 4.48. The number of benzene rings is 3. The Hall–Kier alpha value is -3.93. The number of hydrogen-bond acceptors (Lipinski definition) is 4. The summed E-state index contributed by atoms with van der Waals surface area (Å²) in [4.78, 5) is 30.9. The van der Waals surface area contributed by atoms with E-state index in [1.165, 1.54) is 0 Å². The van der Waals surface area contributed by atoms with Crippen LogP contribution in [0.2, 0.25) is 0 Å². The fourth-order valence-electron chi connectivity index (χ4n) is 3.96. The van der Waals surface area contributed by atoms with E-state index in [2.05, 4.69) is 10.3 Å². The van der Waals surface area contributed by atoms with Crippen molar-refractivity contribution in [1.29, 1.82) is 0 Å². The molecule has 32 heavy (non-hydrogen) atoms. The van der Waals surface area contributed by atoms with Crippen molar-refractivity contribution in [3.8, 4) is 0 Å². The smallest absolute Gasteiger partial charge is 0.251 e. The van der Waals surface area contributed by atoms with Gasteiger partial charge in [-0.2, -0.15) is 0 Å². The minimum Gasteiger partial charge on any atom is -0.440 e. The van der Waals surface area contributed by atoms with Crippen molar-refractivity contribution in [3.63, 3.8) is 0 Å². The predicted molar refractivity (Wildman–Crippen MR) is 122 cm³/mol. The van der Waals surface area contributed by atoms with Crippen molar-refractivity contribution < 1.29 is 14.0 Å². The molecular formula is C26H23N3O3. The van der Waals surface area contributed by atoms with Crippen LogP contribution in [0.15, 0.2) is 77.2 Å². The lowest BCUT2D eigenvalue weighted by molar-refractivity contribution is -0.117. The van der Waals surface area contributed by atoms with Gasteiger partial charge in [-0.05, 0) is 47.9 Å². The summed E-state index contributed by atoms with van der Waals surface area (Å²) in [5, 5.41) is 2.95. The highest BCUT2D eigenvalue weighted by atomic mass is 16.3. The Morgan fingerprint density at radius 1 is 1.00 bits per heavy atom. The second-order valence-electron chi connectivity index (χ2n) is 7.95. The quantitative estimate of drug-likeness (QED) is 0.494. The van der Waals surface area contributed by atoms with E-state index in [4.69, 9.17) is 4.42 Å². The molecule has 2 amide bonds. The molecule has 0 bridgehead atoms. The van der Waals surface area contributed by atoms with E-state index < -0.39 is 0 Å². The first-order valence-corrected chi connectivity index (χ1v) is 10.8. The Labute approximate surface area is 185 Å². The Bertz CT molecular complexity index is 1260. The summed E-state index contributed by atoms with van der Waals surface area (Å²) in [6, 6.07) is 23.0. The van der Waals surface area contributed by atoms with Gasteiger partial charge in [0.05, 0.1) is 0 Å². The van der Waals surface area contributed by atoms with Crippen molar-refractivity contribution in [2.75, 3.05) is 11.4 Å². The third-order valence-corrected chi connectivity index (χ3v) is 5.67. The fraction of sp³-hybridized carbons (Fsp3) is 0.192. The number of amides is 2. The topological polar surface area (TPSA) is 75.4 Å². The zero-order valence-corrected chi connectivity index (χ0v) is 17.6. The number of oxazole rings is 1. The zero-order chi connectivity index (χ0) is 21.9. The van der Waals surface area contributed by atoms with Crippen LogP contribution in [0.3, 0.4) is 0 Å². The van der Waals surface area contributed by atoms with Gasteiger partial charge in [0.2, 0.25) is 5.91 Å². The second kappa shape index (κ2) is 8.67. The first kappa shape index (κ1) is 20.0. The first-order valence-electron chi connectivity index (χ1n) is 10.8. The number of carbonyl (C=O) groups is 2. The molecule has 6 nitrogen and oxygen atoms in total. The van der Waals surface area contributed by atoms with Crippen LogP contribution in [0.25, 0.3) is 11.1 Å². The lowest BCUT2D eigenvalue weighted by Gasteiger charge is -2.16. The normalized spacial score (nSPS) is 13.6. The molecule has 0 atom stereocenters. The van der Waals surface area contributed by atoms with Crippen LogP contribution in [-0.2, 0) is 17.8 Å². The molecule has 1 aliphatic heterocycles. The van der Waals surface area contributed by atoms with Crippen LogP contribution in [0.5, 0.6) is 0 Å². The summed E-state index contributed by atoms with van der Waals surface area (Å²) < 4.78 is 5.83. The van der Waals surface area contributed by atoms with E-state index >= 15 is 0 Å². The number of anilines is 1. The lowest BCUT2D eigenvalue weighted by Crippen LogP contribution is -2.24. The third-order valence-electron chi connectivity index (χ3n) is 5.67. The van der Waals surface area contributed by atoms with Crippen molar-refractivity contribution in [3.05, 3.63) is 95.4 Å². The average Bonchev–Trinajstić information content (AvgIpc) is 3.43. The van der Waals surface area contributed by atoms with E-state index in [1.54, 1.807) is 18.2 Å². The zero-order valence-electron chi connectivity index (χ0n) is 17.6. The molecule has 1 aromatic heterocycles. The van der Waals surface area contributed by atoms with Crippen LogP contribution < -0.4 is 10.2 Å². The minimum absolute atomic E-state index is 0.168. The van der Waals surface area contributed by atoms with Crippen molar-refractivity contribution in [1.82, 2.24) is 10.3 Å². The van der Waals surface area contributed by atoms with Gasteiger partial charge >= 0.3 is 0 Å². The average molecular weight is 425 g/mol. The van der Waals surface area contributed by atoms with Crippen molar-refractivity contribution in [2.45, 2.75) is 25.8 Å². The molecule has 0 saturated carbocycles. The van der Waals surface area contributed by atoms with E-state index in [-0.39, 0.29) is 11.8 Å². The summed E-state index contributed by atoms with van der Waals surface area (Å²) >= 11 is 0. The van der Waals surface area contributed by atoms with Gasteiger partial charge in [0.1, 0.15) is 5.52 Å². The Morgan fingerprint density at radius 2 is 1.81 bits per heavy atom. The second-order valence-corrected chi connectivity index (χ2v) is 7.95. The number of hydrogen-bond donors (Lipinski definition) is 1. The largest absolute Gasteiger partial charge is 0.440 e. The van der Waals surface area contributed by atoms with Gasteiger partial charge in [-0.15, -0.1) is 0 Å². The standard InChI is InChI=1S/C26H23N3O3/c30-25-7-4-14-29(25)21-11-8-19(9-12-21)17-27-26(31)20-10-13-23-22(16-20)28-24(32-23)15-18-5-2-1-3-6-18/h1-3,5-6,8-13,16H,4,7,14-15,17H2,(H,27,31). The molecule has 5 rings (SSSR count). The van der Waals surface area contributed by atoms with Crippen LogP contribution in [-0.4, -0.2) is 23.3 Å². The van der Waals surface area contributed by atoms with E-state index in [9.17, 15) is 9.59 Å². The van der Waals surface area contributed by atoms with Gasteiger partial charge in [0, 0.05) is 37.2 Å². The van der Waals surface area contributed by atoms with Crippen LogP contribution >= 0.6 is 0 Å². The molecule has 2 heterocycles. The number of aromatic nitrogens is 1. The number of carbonyl (C=O) groups excluding carboxylic acids is 2. The van der Waals surface area contributed by atoms with Gasteiger partial charge in [-0.25, -0.2) is 4.98 Å². The SMILES string of the molecule is O=C(NCc1ccc(N2CCCC2=O)cc1)c1ccc2oc(Cc3ccccc3)nc2c1. The van der Waals surface area contributed by atoms with E-state index in [1.807, 2.05) is 59.5 Å². The lowest BCUT2D eigenvalue weighted by atomic mass is 10.1. The Balaban J connectivity index is 1.23. The number of fused-ring (bicyclic) bond motifs is 1. The van der Waals surface area contributed by atoms with Crippen LogP contribution in [0.4, 0.5) is 5.69 Å². The van der Waals surface area contributed by atoms with Gasteiger partial charge < -0.3 is 14.6 Å². The van der Waals surface area contributed by atoms with Gasteiger partial charge in [-0.1, -0.05) is 42.5 Å². The Morgan fingerprint density at radius 3 is 2.56 bits per heavy atom. The number of nitrogens with zero attached hydrogens (tertiary/aromatic N) is 2. The molecule has 0 aliphatic carbocycles. The van der Waals surface area contributed by atoms with Crippen LogP contribution in [0, 0.1) is 0 Å². The van der Waals surface area contributed by atoms with Crippen molar-refractivity contribution in [2.24, 2.45) is 0 Å². The molecule has 0 spiro atoms. The molecule has 1 saturated heterocycles. The van der Waals surface area contributed by atoms with E-state index in [0.29, 0.717) is 41.9 Å². The Kier molecular flexibility index (Phi) is 5.42. The third kappa shape index (κ3) is 4.25. The number of rotatable bonds is 6. The fourth-order valence-corrected chi connectivity index (χ4v) is 3.96. The molecular weight excluding hydrogens is 402 g/mol. The molecule has 160 valence electrons. The van der Waals surface area contributed by atoms with Gasteiger partial charge in [0.25, 0.3) is 5.91 Å². The summed E-state index contributed by atoms with van der Waals surface area (Å²) in [6.07, 6.45) is 2.12. The monoisotopic (exact) mass is 425 g/mol. The number of nitrogens with one attached hydrogen (secondary N) is 1.